The van der Waals surface area contributed by atoms with Crippen LogP contribution < -0.4 is 10.1 Å². The van der Waals surface area contributed by atoms with Crippen LogP contribution >= 0.6 is 0 Å². The predicted octanol–water partition coefficient (Wildman–Crippen LogP) is 2.16. The minimum Gasteiger partial charge on any atom is -0.475 e. The highest BCUT2D eigenvalue weighted by Crippen LogP contribution is 2.36. The lowest BCUT2D eigenvalue weighted by Crippen LogP contribution is -2.54. The van der Waals surface area contributed by atoms with Gasteiger partial charge in [-0.15, -0.1) is 0 Å². The van der Waals surface area contributed by atoms with Crippen molar-refractivity contribution in [1.29, 1.82) is 0 Å². The third kappa shape index (κ3) is 3.35. The van der Waals surface area contributed by atoms with E-state index in [0.29, 0.717) is 11.8 Å². The van der Waals surface area contributed by atoms with Crippen molar-refractivity contribution in [2.75, 3.05) is 26.0 Å². The smallest absolute Gasteiger partial charge is 0.226 e. The minimum absolute atomic E-state index is 0.127. The van der Waals surface area contributed by atoms with Crippen LogP contribution in [0.5, 0.6) is 5.88 Å². The highest BCUT2D eigenvalue weighted by molar-refractivity contribution is 5.29. The molecule has 1 aliphatic carbocycles. The molecule has 0 saturated heterocycles. The summed E-state index contributed by atoms with van der Waals surface area (Å²) in [4.78, 5) is 10.9. The number of aromatic nitrogens is 2. The summed E-state index contributed by atoms with van der Waals surface area (Å²) in [6.07, 6.45) is 5.63. The van der Waals surface area contributed by atoms with E-state index in [1.54, 1.807) is 12.3 Å². The lowest BCUT2D eigenvalue weighted by Gasteiger charge is -2.47. The molecule has 0 spiro atoms. The van der Waals surface area contributed by atoms with Gasteiger partial charge in [-0.1, -0.05) is 0 Å². The zero-order valence-electron chi connectivity index (χ0n) is 12.3. The van der Waals surface area contributed by atoms with Crippen LogP contribution in [0.4, 0.5) is 5.95 Å². The van der Waals surface area contributed by atoms with Gasteiger partial charge in [0.1, 0.15) is 0 Å². The maximum atomic E-state index is 5.57. The molecule has 106 valence electrons. The van der Waals surface area contributed by atoms with Gasteiger partial charge in [0.25, 0.3) is 0 Å². The van der Waals surface area contributed by atoms with E-state index < -0.39 is 0 Å². The van der Waals surface area contributed by atoms with Crippen molar-refractivity contribution in [3.8, 4) is 5.88 Å². The maximum Gasteiger partial charge on any atom is 0.226 e. The number of nitrogens with one attached hydrogen (secondary N) is 1. The van der Waals surface area contributed by atoms with Crippen molar-refractivity contribution < 1.29 is 4.74 Å². The zero-order chi connectivity index (χ0) is 13.9. The molecular formula is C14H24N4O. The number of ether oxygens (including phenoxy) is 1. The molecule has 0 atom stereocenters. The molecule has 0 unspecified atom stereocenters. The van der Waals surface area contributed by atoms with E-state index in [-0.39, 0.29) is 11.6 Å². The Morgan fingerprint density at radius 3 is 2.68 bits per heavy atom. The molecule has 0 aliphatic heterocycles. The van der Waals surface area contributed by atoms with Crippen LogP contribution in [0.15, 0.2) is 12.3 Å². The minimum atomic E-state index is 0.127. The molecule has 2 rings (SSSR count). The molecule has 1 aromatic heterocycles. The second kappa shape index (κ2) is 5.74. The molecular weight excluding hydrogens is 240 g/mol. The molecule has 1 heterocycles. The van der Waals surface area contributed by atoms with Crippen molar-refractivity contribution in [2.45, 2.75) is 44.8 Å². The molecule has 0 aromatic carbocycles. The van der Waals surface area contributed by atoms with Crippen LogP contribution in [-0.2, 0) is 0 Å². The van der Waals surface area contributed by atoms with E-state index in [4.69, 9.17) is 4.74 Å². The van der Waals surface area contributed by atoms with Gasteiger partial charge in [0.05, 0.1) is 6.10 Å². The SMILES string of the molecule is CC(C)Oc1ccnc(NCC2(N(C)C)CCC2)n1. The molecule has 19 heavy (non-hydrogen) atoms. The van der Waals surface area contributed by atoms with Crippen molar-refractivity contribution in [3.05, 3.63) is 12.3 Å². The van der Waals surface area contributed by atoms with Crippen LogP contribution in [0, 0.1) is 0 Å². The van der Waals surface area contributed by atoms with Gasteiger partial charge in [0.15, 0.2) is 0 Å². The zero-order valence-corrected chi connectivity index (χ0v) is 12.3. The van der Waals surface area contributed by atoms with E-state index in [9.17, 15) is 0 Å². The molecule has 1 aliphatic rings. The highest BCUT2D eigenvalue weighted by atomic mass is 16.5. The Hall–Kier alpha value is -1.36. The Labute approximate surface area is 115 Å². The van der Waals surface area contributed by atoms with Gasteiger partial charge >= 0.3 is 0 Å². The standard InChI is InChI=1S/C14H24N4O/c1-11(2)19-12-6-9-15-13(17-12)16-10-14(18(3)4)7-5-8-14/h6,9,11H,5,7-8,10H2,1-4H3,(H,15,16,17). The van der Waals surface area contributed by atoms with E-state index >= 15 is 0 Å². The fraction of sp³-hybridized carbons (Fsp3) is 0.714. The third-order valence-corrected chi connectivity index (χ3v) is 3.79. The van der Waals surface area contributed by atoms with Crippen molar-refractivity contribution in [3.63, 3.8) is 0 Å². The summed E-state index contributed by atoms with van der Waals surface area (Å²) >= 11 is 0. The Balaban J connectivity index is 1.95. The Bertz CT molecular complexity index is 416. The number of hydrogen-bond donors (Lipinski definition) is 1. The van der Waals surface area contributed by atoms with E-state index in [1.807, 2.05) is 13.8 Å². The van der Waals surface area contributed by atoms with Crippen LogP contribution in [0.2, 0.25) is 0 Å². The predicted molar refractivity (Wildman–Crippen MR) is 76.6 cm³/mol. The van der Waals surface area contributed by atoms with Gasteiger partial charge in [-0.3, -0.25) is 0 Å². The maximum absolute atomic E-state index is 5.57. The second-order valence-corrected chi connectivity index (χ2v) is 5.71. The second-order valence-electron chi connectivity index (χ2n) is 5.71. The number of anilines is 1. The normalized spacial score (nSPS) is 17.4. The number of nitrogens with zero attached hydrogens (tertiary/aromatic N) is 3. The fourth-order valence-electron chi connectivity index (χ4n) is 2.35. The highest BCUT2D eigenvalue weighted by Gasteiger charge is 2.38. The third-order valence-electron chi connectivity index (χ3n) is 3.79. The van der Waals surface area contributed by atoms with Crippen LogP contribution in [0.25, 0.3) is 0 Å². The van der Waals surface area contributed by atoms with Crippen molar-refractivity contribution in [1.82, 2.24) is 14.9 Å². The number of rotatable bonds is 6. The van der Waals surface area contributed by atoms with Crippen molar-refractivity contribution in [2.24, 2.45) is 0 Å². The molecule has 1 saturated carbocycles. The molecule has 1 N–H and O–H groups in total. The van der Waals surface area contributed by atoms with E-state index in [0.717, 1.165) is 6.54 Å². The number of hydrogen-bond acceptors (Lipinski definition) is 5. The first-order chi connectivity index (χ1) is 9.02. The summed E-state index contributed by atoms with van der Waals surface area (Å²) in [5.74, 6) is 1.27. The van der Waals surface area contributed by atoms with E-state index in [1.165, 1.54) is 19.3 Å². The summed E-state index contributed by atoms with van der Waals surface area (Å²) in [7, 11) is 4.28. The molecule has 0 bridgehead atoms. The Morgan fingerprint density at radius 1 is 1.42 bits per heavy atom. The van der Waals surface area contributed by atoms with Gasteiger partial charge in [-0.2, -0.15) is 4.98 Å². The van der Waals surface area contributed by atoms with Crippen LogP contribution in [0.3, 0.4) is 0 Å². The molecule has 5 heteroatoms. The summed E-state index contributed by atoms with van der Waals surface area (Å²) < 4.78 is 5.57. The fourth-order valence-corrected chi connectivity index (χ4v) is 2.35. The van der Waals surface area contributed by atoms with Crippen LogP contribution in [-0.4, -0.2) is 47.2 Å². The average Bonchev–Trinajstić information content (AvgIpc) is 2.26. The summed E-state index contributed by atoms with van der Waals surface area (Å²) in [5.41, 5.74) is 0.262. The monoisotopic (exact) mass is 264 g/mol. The summed E-state index contributed by atoms with van der Waals surface area (Å²) in [5, 5.41) is 3.34. The van der Waals surface area contributed by atoms with Gasteiger partial charge in [-0.25, -0.2) is 4.98 Å². The van der Waals surface area contributed by atoms with Gasteiger partial charge < -0.3 is 15.0 Å². The Kier molecular flexibility index (Phi) is 4.24. The first kappa shape index (κ1) is 14.1. The molecule has 1 aromatic rings. The molecule has 1 fully saturated rings. The van der Waals surface area contributed by atoms with Gasteiger partial charge in [0, 0.05) is 24.3 Å². The largest absolute Gasteiger partial charge is 0.475 e. The van der Waals surface area contributed by atoms with Gasteiger partial charge in [0.2, 0.25) is 11.8 Å². The van der Waals surface area contributed by atoms with E-state index in [2.05, 4.69) is 34.3 Å². The first-order valence-corrected chi connectivity index (χ1v) is 6.93. The topological polar surface area (TPSA) is 50.3 Å². The van der Waals surface area contributed by atoms with Crippen molar-refractivity contribution >= 4 is 5.95 Å². The first-order valence-electron chi connectivity index (χ1n) is 6.93. The lowest BCUT2D eigenvalue weighted by atomic mass is 9.75. The molecule has 0 amide bonds. The average molecular weight is 264 g/mol. The summed E-state index contributed by atoms with van der Waals surface area (Å²) in [6.45, 7) is 4.86. The molecule has 0 radical (unpaired) electrons. The molecule has 5 nitrogen and oxygen atoms in total. The van der Waals surface area contributed by atoms with Crippen LogP contribution in [0.1, 0.15) is 33.1 Å². The Morgan fingerprint density at radius 2 is 2.16 bits per heavy atom. The lowest BCUT2D eigenvalue weighted by molar-refractivity contribution is 0.0737. The van der Waals surface area contributed by atoms with Gasteiger partial charge in [-0.05, 0) is 47.2 Å². The quantitative estimate of drug-likeness (QED) is 0.853. The summed E-state index contributed by atoms with van der Waals surface area (Å²) in [6, 6.07) is 1.79. The number of likely N-dealkylation sites (N-methyl/N-ethyl adjacent to an activating group) is 1.